The molecule has 0 heterocycles. The minimum Gasteiger partial charge on any atom is -1.00 e. The Hall–Kier alpha value is -2.61. The van der Waals surface area contributed by atoms with Crippen LogP contribution in [0.3, 0.4) is 0 Å². The van der Waals surface area contributed by atoms with E-state index in [0.717, 1.165) is 18.3 Å². The zero-order chi connectivity index (χ0) is 29.4. The van der Waals surface area contributed by atoms with Crippen molar-refractivity contribution in [3.05, 3.63) is 146 Å². The van der Waals surface area contributed by atoms with Gasteiger partial charge in [0.2, 0.25) is 0 Å². The zero-order valence-corrected chi connectivity index (χ0v) is 29.8. The predicted molar refractivity (Wildman–Crippen MR) is 188 cm³/mol. The van der Waals surface area contributed by atoms with Crippen molar-refractivity contribution in [3.63, 3.8) is 0 Å². The maximum atomic E-state index is 3.38. The van der Waals surface area contributed by atoms with Gasteiger partial charge in [0.1, 0.15) is 0 Å². The van der Waals surface area contributed by atoms with Crippen molar-refractivity contribution in [2.24, 2.45) is 0 Å². The van der Waals surface area contributed by atoms with Crippen LogP contribution in [-0.2, 0) is 21.7 Å². The van der Waals surface area contributed by atoms with Gasteiger partial charge in [-0.3, -0.25) is 0 Å². The molecule has 6 aromatic rings. The predicted octanol–water partition coefficient (Wildman–Crippen LogP) is 6.82. The average Bonchev–Trinajstić information content (AvgIpc) is 3.88. The normalized spacial score (nSPS) is 14.3. The molecule has 0 unspecified atom stereocenters. The topological polar surface area (TPSA) is 0 Å². The van der Waals surface area contributed by atoms with Crippen LogP contribution in [0.2, 0.25) is 0 Å². The summed E-state index contributed by atoms with van der Waals surface area (Å²) >= 11 is 0. The number of benzene rings is 4. The molecule has 0 nitrogen and oxygen atoms in total. The van der Waals surface area contributed by atoms with E-state index in [4.69, 9.17) is 0 Å². The molecule has 0 aliphatic heterocycles. The molecular weight excluding hydrogens is 635 g/mol. The molecule has 0 amide bonds. The van der Waals surface area contributed by atoms with Gasteiger partial charge in [0.25, 0.3) is 0 Å². The molecule has 2 aliphatic carbocycles. The Morgan fingerprint density at radius 1 is 0.500 bits per heavy atom. The fourth-order valence-electron chi connectivity index (χ4n) is 7.24. The van der Waals surface area contributed by atoms with Crippen LogP contribution in [0.5, 0.6) is 0 Å². The molecule has 0 aromatic heterocycles. The van der Waals surface area contributed by atoms with Crippen LogP contribution in [0.1, 0.15) is 80.8 Å². The molecule has 46 heavy (non-hydrogen) atoms. The molecule has 2 saturated carbocycles. The van der Waals surface area contributed by atoms with Crippen LogP contribution in [0.15, 0.2) is 121 Å². The summed E-state index contributed by atoms with van der Waals surface area (Å²) < 4.78 is 0. The standard InChI is InChI=1S/2C20H19.C3H6.2ClH.Ti/c2*1-2-9-16(10-3-1)19-12-6-11-17-13-18(14-20(17)19)15-7-4-5-8-15;1-3-2;;;/h2*1-3,6,9-15H,4-5,7-8H2;1-3H2;2*1H;/q2*-1;-2;;;+2/p-2. The third-order valence-corrected chi connectivity index (χ3v) is 9.37. The fraction of sp³-hybridized carbons (Fsp3) is 0.256. The van der Waals surface area contributed by atoms with E-state index in [9.17, 15) is 0 Å². The van der Waals surface area contributed by atoms with Gasteiger partial charge in [-0.25, -0.2) is 0 Å². The molecule has 8 rings (SSSR count). The van der Waals surface area contributed by atoms with Crippen LogP contribution in [0.4, 0.5) is 0 Å². The maximum Gasteiger partial charge on any atom is 2.00 e. The van der Waals surface area contributed by atoms with Crippen LogP contribution in [-0.4, -0.2) is 0 Å². The minimum absolute atomic E-state index is 0. The summed E-state index contributed by atoms with van der Waals surface area (Å²) in [7, 11) is 0. The summed E-state index contributed by atoms with van der Waals surface area (Å²) in [5, 5.41) is 5.63. The summed E-state index contributed by atoms with van der Waals surface area (Å²) in [6, 6.07) is 44.5. The van der Waals surface area contributed by atoms with Gasteiger partial charge >= 0.3 is 21.7 Å². The van der Waals surface area contributed by atoms with Crippen LogP contribution < -0.4 is 24.8 Å². The first kappa shape index (κ1) is 37.8. The molecule has 0 saturated heterocycles. The molecule has 2 aliphatic rings. The van der Waals surface area contributed by atoms with E-state index in [0.29, 0.717) is 0 Å². The third kappa shape index (κ3) is 8.84. The Labute approximate surface area is 304 Å². The summed E-state index contributed by atoms with van der Waals surface area (Å²) in [5.74, 6) is 1.59. The van der Waals surface area contributed by atoms with Crippen molar-refractivity contribution in [1.29, 1.82) is 0 Å². The molecule has 0 spiro atoms. The summed E-state index contributed by atoms with van der Waals surface area (Å²) in [4.78, 5) is 0. The van der Waals surface area contributed by atoms with Crippen molar-refractivity contribution >= 4 is 21.5 Å². The van der Waals surface area contributed by atoms with E-state index in [2.05, 4.69) is 135 Å². The van der Waals surface area contributed by atoms with Gasteiger partial charge in [-0.2, -0.15) is 12.1 Å². The third-order valence-electron chi connectivity index (χ3n) is 9.37. The first-order valence-corrected chi connectivity index (χ1v) is 16.3. The van der Waals surface area contributed by atoms with Crippen LogP contribution >= 0.6 is 0 Å². The van der Waals surface area contributed by atoms with Gasteiger partial charge in [0, 0.05) is 0 Å². The molecule has 0 atom stereocenters. The van der Waals surface area contributed by atoms with Crippen LogP contribution in [0.25, 0.3) is 43.8 Å². The van der Waals surface area contributed by atoms with Crippen molar-refractivity contribution in [2.45, 2.75) is 69.6 Å². The molecule has 6 aromatic carbocycles. The molecule has 0 radical (unpaired) electrons. The Morgan fingerprint density at radius 3 is 1.20 bits per heavy atom. The number of halogens is 2. The zero-order valence-electron chi connectivity index (χ0n) is 26.7. The smallest absolute Gasteiger partial charge is 1.00 e. The van der Waals surface area contributed by atoms with E-state index in [1.807, 2.05) is 0 Å². The average molecular weight is 680 g/mol. The second-order valence-corrected chi connectivity index (χ2v) is 12.2. The van der Waals surface area contributed by atoms with Gasteiger partial charge in [0.15, 0.2) is 0 Å². The molecule has 2 fully saturated rings. The molecule has 0 bridgehead atoms. The van der Waals surface area contributed by atoms with Crippen LogP contribution in [0, 0.1) is 13.8 Å². The number of fused-ring (bicyclic) bond motifs is 2. The molecule has 3 heteroatoms. The quantitative estimate of drug-likeness (QED) is 0.142. The van der Waals surface area contributed by atoms with E-state index >= 15 is 0 Å². The number of hydrogen-bond donors (Lipinski definition) is 0. The fourth-order valence-corrected chi connectivity index (χ4v) is 7.24. The van der Waals surface area contributed by atoms with Crippen molar-refractivity contribution in [3.8, 4) is 22.3 Å². The van der Waals surface area contributed by atoms with Crippen molar-refractivity contribution in [2.75, 3.05) is 0 Å². The Morgan fingerprint density at radius 2 is 0.848 bits per heavy atom. The Bertz CT molecular complexity index is 1590. The van der Waals surface area contributed by atoms with Gasteiger partial charge in [0.05, 0.1) is 0 Å². The van der Waals surface area contributed by atoms with Gasteiger partial charge in [-0.15, -0.1) is 69.1 Å². The Balaban J connectivity index is 0.000000218. The van der Waals surface area contributed by atoms with Gasteiger partial charge < -0.3 is 45.1 Å². The largest absolute Gasteiger partial charge is 2.00 e. The molecule has 0 N–H and O–H groups in total. The summed E-state index contributed by atoms with van der Waals surface area (Å²) in [5.41, 5.74) is 8.49. The SMILES string of the molecule is [CH2-]C[CH2-].[Cl-].[Cl-].[Ti+2].c1ccc(-c2cccc3[cH-]c(C4CCCC4)cc23)cc1.c1ccc(-c2cccc3[cH-]c(C4CCCC4)cc23)cc1. The molecular formula is C43H44Cl2Ti-4. The molecule has 238 valence electrons. The van der Waals surface area contributed by atoms with E-state index in [1.54, 1.807) is 11.1 Å². The van der Waals surface area contributed by atoms with Gasteiger partial charge in [-0.1, -0.05) is 110 Å². The Kier molecular flexibility index (Phi) is 15.4. The maximum absolute atomic E-state index is 3.38. The van der Waals surface area contributed by atoms with Crippen molar-refractivity contribution in [1.82, 2.24) is 0 Å². The van der Waals surface area contributed by atoms with Gasteiger partial charge in [-0.05, 0) is 48.6 Å². The second kappa shape index (κ2) is 18.7. The first-order valence-electron chi connectivity index (χ1n) is 16.3. The second-order valence-electron chi connectivity index (χ2n) is 12.2. The number of rotatable bonds is 4. The summed E-state index contributed by atoms with van der Waals surface area (Å²) in [6.07, 6.45) is 11.8. The number of hydrogen-bond acceptors (Lipinski definition) is 0. The first-order chi connectivity index (χ1) is 21.2. The van der Waals surface area contributed by atoms with E-state index < -0.39 is 0 Å². The van der Waals surface area contributed by atoms with Crippen molar-refractivity contribution < 1.29 is 46.5 Å². The minimum atomic E-state index is 0. The monoisotopic (exact) mass is 678 g/mol. The van der Waals surface area contributed by atoms with E-state index in [-0.39, 0.29) is 46.5 Å². The summed E-state index contributed by atoms with van der Waals surface area (Å²) in [6.45, 7) is 6.75. The van der Waals surface area contributed by atoms with E-state index in [1.165, 1.54) is 95.2 Å².